The molecular formula is C32H24Cl2F12N10P2Ru. The average molecular weight is 1010 g/mol. The average Bonchev–Trinajstić information content (AvgIpc) is 3.12. The van der Waals surface area contributed by atoms with Crippen LogP contribution in [0.5, 0.6) is 0 Å². The molecule has 0 aliphatic carbocycles. The first-order chi connectivity index (χ1) is 26.4. The predicted molar refractivity (Wildman–Crippen MR) is 197 cm³/mol. The van der Waals surface area contributed by atoms with Crippen LogP contribution in [0.25, 0.3) is 45.8 Å². The Hall–Kier alpha value is -5.04. The van der Waals surface area contributed by atoms with Crippen molar-refractivity contribution in [3.8, 4) is 58.0 Å². The Bertz CT molecular complexity index is 2110. The Kier molecular flexibility index (Phi) is 19.0. The van der Waals surface area contributed by atoms with Crippen molar-refractivity contribution in [2.75, 3.05) is 0 Å². The number of hydrogen-bond donors (Lipinski definition) is 0. The SMILES string of the molecule is CC#N.CC#N.Clc1cnc(-c2cccc(-c3ncc(Cl)cn3)n2)nc1.F[P-](F)(F)(F)(F)F.F[P-](F)(F)(F)(F)F.[Ru+2].c1ccc(-c2cccc(-c3ccccn3)n2)nc1. The molecular weight excluding hydrogens is 986 g/mol. The summed E-state index contributed by atoms with van der Waals surface area (Å²) in [5.74, 6) is 0.982. The molecule has 0 aliphatic heterocycles. The van der Waals surface area contributed by atoms with E-state index in [1.807, 2.05) is 72.8 Å². The number of halogens is 14. The fourth-order valence-electron chi connectivity index (χ4n) is 3.32. The van der Waals surface area contributed by atoms with Crippen molar-refractivity contribution in [1.29, 1.82) is 10.5 Å². The van der Waals surface area contributed by atoms with E-state index in [1.165, 1.54) is 38.6 Å². The Labute approximate surface area is 349 Å². The molecule has 0 spiro atoms. The third kappa shape index (κ3) is 30.7. The first-order valence-corrected chi connectivity index (χ1v) is 19.7. The summed E-state index contributed by atoms with van der Waals surface area (Å²) < 4.78 is 118. The summed E-state index contributed by atoms with van der Waals surface area (Å²) in [6.45, 7) is 2.86. The van der Waals surface area contributed by atoms with Crippen molar-refractivity contribution in [1.82, 2.24) is 39.9 Å². The molecule has 0 fully saturated rings. The number of hydrogen-bond acceptors (Lipinski definition) is 10. The van der Waals surface area contributed by atoms with Crippen molar-refractivity contribution in [2.45, 2.75) is 13.8 Å². The maximum absolute atomic E-state index is 10.7. The second-order valence-electron chi connectivity index (χ2n) is 10.1. The zero-order chi connectivity index (χ0) is 44.4. The van der Waals surface area contributed by atoms with Crippen molar-refractivity contribution in [2.24, 2.45) is 0 Å². The zero-order valence-electron chi connectivity index (χ0n) is 29.4. The third-order valence-corrected chi connectivity index (χ3v) is 5.44. The topological polar surface area (TPSA) is 151 Å². The zero-order valence-corrected chi connectivity index (χ0v) is 34.4. The molecule has 0 bridgehead atoms. The Morgan fingerprint density at radius 1 is 0.424 bits per heavy atom. The van der Waals surface area contributed by atoms with Gasteiger partial charge in [0.05, 0.1) is 45.0 Å². The summed E-state index contributed by atoms with van der Waals surface area (Å²) in [4.78, 5) is 34.1. The minimum Gasteiger partial charge on any atom is -0.255 e. The maximum Gasteiger partial charge on any atom is 2.00 e. The van der Waals surface area contributed by atoms with Crippen LogP contribution in [0.3, 0.4) is 0 Å². The summed E-state index contributed by atoms with van der Waals surface area (Å²) in [5.41, 5.74) is 4.71. The van der Waals surface area contributed by atoms with E-state index >= 15 is 0 Å². The molecule has 0 saturated heterocycles. The van der Waals surface area contributed by atoms with E-state index in [4.69, 9.17) is 33.7 Å². The summed E-state index contributed by atoms with van der Waals surface area (Å²) in [7, 11) is -21.3. The van der Waals surface area contributed by atoms with Gasteiger partial charge < -0.3 is 0 Å². The minimum atomic E-state index is -10.7. The van der Waals surface area contributed by atoms with E-state index in [0.29, 0.717) is 33.1 Å². The molecule has 0 saturated carbocycles. The first kappa shape index (κ1) is 54.0. The Morgan fingerprint density at radius 3 is 0.915 bits per heavy atom. The van der Waals surface area contributed by atoms with Gasteiger partial charge in [0.15, 0.2) is 11.6 Å². The van der Waals surface area contributed by atoms with Crippen LogP contribution in [0.2, 0.25) is 10.0 Å². The molecule has 6 aromatic heterocycles. The standard InChI is InChI=1S/C15H11N3.C13H7Cl2N5.2C2H3N.2F6P.Ru/c1-3-10-16-12(6-1)14-8-5-9-15(18-14)13-7-2-4-11-17-13;14-8-4-16-12(17-5-8)10-2-1-3-11(20-10)13-18-6-9(15)7-19-13;2*1-2-3;2*1-7(2,3,4,5)6;/h1-11H;1-7H;2*1H3;;;/q;;;;2*-1;+2. The van der Waals surface area contributed by atoms with E-state index in [0.717, 1.165) is 22.8 Å². The number of nitrogens with zero attached hydrogens (tertiary/aromatic N) is 10. The number of nitriles is 2. The molecule has 6 rings (SSSR count). The van der Waals surface area contributed by atoms with Crippen molar-refractivity contribution < 1.29 is 69.8 Å². The molecule has 0 unspecified atom stereocenters. The molecule has 0 radical (unpaired) electrons. The van der Waals surface area contributed by atoms with Crippen LogP contribution in [0.4, 0.5) is 50.4 Å². The monoisotopic (exact) mass is 1010 g/mol. The largest absolute Gasteiger partial charge is 2.00 e. The summed E-state index contributed by atoms with van der Waals surface area (Å²) in [5, 5.41) is 15.6. The molecule has 27 heteroatoms. The van der Waals surface area contributed by atoms with E-state index < -0.39 is 15.6 Å². The first-order valence-electron chi connectivity index (χ1n) is 14.9. The molecule has 6 heterocycles. The fraction of sp³-hybridized carbons (Fsp3) is 0.0625. The van der Waals surface area contributed by atoms with Crippen LogP contribution in [0.15, 0.2) is 110 Å². The van der Waals surface area contributed by atoms with E-state index in [9.17, 15) is 50.4 Å². The van der Waals surface area contributed by atoms with Gasteiger partial charge in [0.1, 0.15) is 11.4 Å². The van der Waals surface area contributed by atoms with Crippen LogP contribution in [-0.2, 0) is 19.5 Å². The molecule has 318 valence electrons. The summed E-state index contributed by atoms with van der Waals surface area (Å²) >= 11 is 11.5. The molecule has 0 amide bonds. The third-order valence-electron chi connectivity index (χ3n) is 5.05. The van der Waals surface area contributed by atoms with Gasteiger partial charge in [-0.15, -0.1) is 0 Å². The van der Waals surface area contributed by atoms with E-state index in [2.05, 4.69) is 39.9 Å². The van der Waals surface area contributed by atoms with Crippen molar-refractivity contribution in [3.63, 3.8) is 0 Å². The normalized spacial score (nSPS) is 12.4. The number of aromatic nitrogens is 8. The van der Waals surface area contributed by atoms with Gasteiger partial charge in [-0.3, -0.25) is 9.97 Å². The molecule has 10 nitrogen and oxygen atoms in total. The molecule has 59 heavy (non-hydrogen) atoms. The van der Waals surface area contributed by atoms with Crippen LogP contribution in [0.1, 0.15) is 13.8 Å². The quantitative estimate of drug-likeness (QED) is 0.0948. The Morgan fingerprint density at radius 2 is 0.661 bits per heavy atom. The van der Waals surface area contributed by atoms with Gasteiger partial charge in [-0.1, -0.05) is 47.5 Å². The van der Waals surface area contributed by atoms with Crippen molar-refractivity contribution >= 4 is 38.8 Å². The van der Waals surface area contributed by atoms with Gasteiger partial charge in [0, 0.05) is 51.0 Å². The van der Waals surface area contributed by atoms with Gasteiger partial charge in [0.2, 0.25) is 0 Å². The number of pyridine rings is 4. The van der Waals surface area contributed by atoms with E-state index in [1.54, 1.807) is 24.5 Å². The smallest absolute Gasteiger partial charge is 0.255 e. The van der Waals surface area contributed by atoms with Gasteiger partial charge in [-0.05, 0) is 48.5 Å². The molecule has 0 aliphatic rings. The van der Waals surface area contributed by atoms with Crippen LogP contribution < -0.4 is 0 Å². The molecule has 0 atom stereocenters. The predicted octanol–water partition coefficient (Wildman–Crippen LogP) is 14.3. The molecule has 0 N–H and O–H groups in total. The van der Waals surface area contributed by atoms with Crippen LogP contribution >= 0.6 is 38.8 Å². The van der Waals surface area contributed by atoms with E-state index in [-0.39, 0.29) is 19.5 Å². The van der Waals surface area contributed by atoms with Gasteiger partial charge >= 0.3 is 85.5 Å². The molecule has 6 aromatic rings. The van der Waals surface area contributed by atoms with Gasteiger partial charge in [0.25, 0.3) is 0 Å². The molecule has 0 aromatic carbocycles. The van der Waals surface area contributed by atoms with Gasteiger partial charge in [-0.25, -0.2) is 29.9 Å². The van der Waals surface area contributed by atoms with Gasteiger partial charge in [-0.2, -0.15) is 10.5 Å². The van der Waals surface area contributed by atoms with Crippen LogP contribution in [-0.4, -0.2) is 39.9 Å². The van der Waals surface area contributed by atoms with Crippen molar-refractivity contribution in [3.05, 3.63) is 120 Å². The van der Waals surface area contributed by atoms with Crippen LogP contribution in [0, 0.1) is 22.7 Å². The second-order valence-corrected chi connectivity index (χ2v) is 14.8. The Balaban J connectivity index is 0.000000785. The summed E-state index contributed by atoms with van der Waals surface area (Å²) in [6.07, 6.45) is 9.64. The summed E-state index contributed by atoms with van der Waals surface area (Å²) in [6, 6.07) is 26.4. The minimum absolute atomic E-state index is 0. The fourth-order valence-corrected chi connectivity index (χ4v) is 3.52. The maximum atomic E-state index is 9.87. The second kappa shape index (κ2) is 20.8. The number of rotatable bonds is 4.